The van der Waals surface area contributed by atoms with E-state index >= 15 is 4.39 Å². The Balaban J connectivity index is 1.41. The van der Waals surface area contributed by atoms with Crippen molar-refractivity contribution in [3.8, 4) is 6.07 Å². The van der Waals surface area contributed by atoms with Crippen molar-refractivity contribution in [1.82, 2.24) is 10.2 Å². The number of anilines is 2. The number of nitrogens with two attached hydrogens (primary N) is 1. The van der Waals surface area contributed by atoms with Crippen molar-refractivity contribution >= 4 is 17.2 Å². The summed E-state index contributed by atoms with van der Waals surface area (Å²) in [7, 11) is 0. The van der Waals surface area contributed by atoms with E-state index in [2.05, 4.69) is 15.1 Å². The highest BCUT2D eigenvalue weighted by Gasteiger charge is 2.35. The van der Waals surface area contributed by atoms with Gasteiger partial charge in [0.1, 0.15) is 23.5 Å². The summed E-state index contributed by atoms with van der Waals surface area (Å²) in [6, 6.07) is 12.0. The van der Waals surface area contributed by atoms with E-state index in [1.54, 1.807) is 23.1 Å². The second kappa shape index (κ2) is 10.7. The van der Waals surface area contributed by atoms with Gasteiger partial charge in [-0.25, -0.2) is 13.8 Å². The molecule has 2 aromatic rings. The minimum absolute atomic E-state index is 0.0421. The van der Waals surface area contributed by atoms with Gasteiger partial charge in [0.05, 0.1) is 29.2 Å². The van der Waals surface area contributed by atoms with Crippen molar-refractivity contribution in [2.75, 3.05) is 49.1 Å². The van der Waals surface area contributed by atoms with Gasteiger partial charge >= 0.3 is 0 Å². The summed E-state index contributed by atoms with van der Waals surface area (Å²) >= 11 is 0. The SMILES string of the molecule is N#Cc1ccc(C2=N/C(=C(/C=C\N)N3CCC4CCNC4C3)CN2c2ccc(N3CCCC3)cc2F)cc1F. The molecule has 4 heterocycles. The van der Waals surface area contributed by atoms with Gasteiger partial charge in [-0.15, -0.1) is 0 Å². The van der Waals surface area contributed by atoms with Crippen LogP contribution in [0.25, 0.3) is 0 Å². The Bertz CT molecular complexity index is 1390. The lowest BCUT2D eigenvalue weighted by molar-refractivity contribution is 0.208. The number of piperidine rings is 1. The molecule has 0 radical (unpaired) electrons. The van der Waals surface area contributed by atoms with Crippen molar-refractivity contribution in [1.29, 1.82) is 5.26 Å². The zero-order valence-corrected chi connectivity index (χ0v) is 21.9. The Morgan fingerprint density at radius 3 is 2.67 bits per heavy atom. The number of hydrogen-bond donors (Lipinski definition) is 2. The molecule has 0 amide bonds. The van der Waals surface area contributed by atoms with E-state index in [0.29, 0.717) is 35.6 Å². The van der Waals surface area contributed by atoms with Crippen molar-refractivity contribution in [3.63, 3.8) is 0 Å². The largest absolute Gasteiger partial charge is 0.405 e. The van der Waals surface area contributed by atoms with Crippen LogP contribution >= 0.6 is 0 Å². The second-order valence-electron chi connectivity index (χ2n) is 10.7. The van der Waals surface area contributed by atoms with E-state index in [4.69, 9.17) is 10.7 Å². The molecule has 2 atom stereocenters. The first kappa shape index (κ1) is 25.4. The molecule has 3 N–H and O–H groups in total. The number of benzene rings is 2. The number of hydrogen-bond acceptors (Lipinski definition) is 7. The van der Waals surface area contributed by atoms with E-state index in [0.717, 1.165) is 69.1 Å². The molecule has 2 aromatic carbocycles. The van der Waals surface area contributed by atoms with Crippen LogP contribution in [0.4, 0.5) is 20.2 Å². The average molecular weight is 530 g/mol. The molecule has 6 rings (SSSR count). The van der Waals surface area contributed by atoms with Crippen LogP contribution in [0.3, 0.4) is 0 Å². The first-order valence-electron chi connectivity index (χ1n) is 13.8. The first-order chi connectivity index (χ1) is 19.1. The topological polar surface area (TPSA) is 83.9 Å². The highest BCUT2D eigenvalue weighted by Crippen LogP contribution is 2.35. The summed E-state index contributed by atoms with van der Waals surface area (Å²) in [5.74, 6) is 0.141. The van der Waals surface area contributed by atoms with Gasteiger partial charge in [0, 0.05) is 43.5 Å². The van der Waals surface area contributed by atoms with Gasteiger partial charge in [-0.3, -0.25) is 0 Å². The van der Waals surface area contributed by atoms with Crippen LogP contribution in [0.5, 0.6) is 0 Å². The number of aliphatic imine (C=N–C) groups is 1. The third-order valence-corrected chi connectivity index (χ3v) is 8.41. The first-order valence-corrected chi connectivity index (χ1v) is 13.8. The fraction of sp³-hybridized carbons (Fsp3) is 0.400. The predicted molar refractivity (Wildman–Crippen MR) is 149 cm³/mol. The van der Waals surface area contributed by atoms with Gasteiger partial charge in [0.15, 0.2) is 0 Å². The maximum Gasteiger partial charge on any atom is 0.148 e. The van der Waals surface area contributed by atoms with Crippen LogP contribution in [-0.4, -0.2) is 56.0 Å². The third kappa shape index (κ3) is 4.85. The molecule has 7 nitrogen and oxygen atoms in total. The van der Waals surface area contributed by atoms with E-state index in [1.807, 2.05) is 18.2 Å². The average Bonchev–Trinajstić information content (AvgIpc) is 3.72. The van der Waals surface area contributed by atoms with Crippen LogP contribution < -0.4 is 20.9 Å². The van der Waals surface area contributed by atoms with Crippen molar-refractivity contribution in [2.24, 2.45) is 16.6 Å². The lowest BCUT2D eigenvalue weighted by atomic mass is 9.92. The predicted octanol–water partition coefficient (Wildman–Crippen LogP) is 4.07. The minimum Gasteiger partial charge on any atom is -0.405 e. The van der Waals surface area contributed by atoms with Gasteiger partial charge < -0.3 is 25.8 Å². The van der Waals surface area contributed by atoms with Crippen LogP contribution in [-0.2, 0) is 0 Å². The van der Waals surface area contributed by atoms with Crippen LogP contribution in [0.2, 0.25) is 0 Å². The van der Waals surface area contributed by atoms with E-state index in [9.17, 15) is 9.65 Å². The Morgan fingerprint density at radius 2 is 1.92 bits per heavy atom. The molecule has 4 aliphatic rings. The van der Waals surface area contributed by atoms with Crippen molar-refractivity contribution in [2.45, 2.75) is 31.7 Å². The molecule has 0 bridgehead atoms. The summed E-state index contributed by atoms with van der Waals surface area (Å²) in [6.07, 6.45) is 7.87. The van der Waals surface area contributed by atoms with Gasteiger partial charge in [-0.1, -0.05) is 0 Å². The lowest BCUT2D eigenvalue weighted by Gasteiger charge is -2.37. The Kier molecular flexibility index (Phi) is 6.96. The number of rotatable bonds is 5. The number of fused-ring (bicyclic) bond motifs is 1. The molecule has 9 heteroatoms. The fourth-order valence-corrected chi connectivity index (χ4v) is 6.36. The van der Waals surface area contributed by atoms with E-state index in [1.165, 1.54) is 24.8 Å². The number of nitrogens with zero attached hydrogens (tertiary/aromatic N) is 5. The standard InChI is InChI=1S/C30H33F2N7/c31-24-15-21(3-4-22(24)17-34)30-36-27(29(7-10-33)38-14-9-20-8-11-35-26(20)18-38)19-39(30)28-6-5-23(16-25(28)32)37-12-1-2-13-37/h3-7,10,15-16,20,26,35H,1-2,8-9,11-14,18-19,33H2/b10-7-,29-27-. The van der Waals surface area contributed by atoms with Gasteiger partial charge in [0.25, 0.3) is 0 Å². The molecule has 0 aliphatic carbocycles. The van der Waals surface area contributed by atoms with Gasteiger partial charge in [-0.05, 0) is 86.8 Å². The highest BCUT2D eigenvalue weighted by atomic mass is 19.1. The van der Waals surface area contributed by atoms with E-state index in [-0.39, 0.29) is 11.4 Å². The van der Waals surface area contributed by atoms with Crippen LogP contribution in [0.1, 0.15) is 36.8 Å². The zero-order chi connectivity index (χ0) is 26.9. The Morgan fingerprint density at radius 1 is 1.08 bits per heavy atom. The molecule has 0 aromatic heterocycles. The van der Waals surface area contributed by atoms with Crippen molar-refractivity contribution < 1.29 is 8.78 Å². The smallest absolute Gasteiger partial charge is 0.148 e. The fourth-order valence-electron chi connectivity index (χ4n) is 6.36. The summed E-state index contributed by atoms with van der Waals surface area (Å²) in [6.45, 7) is 4.94. The number of halogens is 2. The molecule has 0 saturated carbocycles. The summed E-state index contributed by atoms with van der Waals surface area (Å²) in [5, 5.41) is 12.8. The molecule has 3 saturated heterocycles. The molecule has 39 heavy (non-hydrogen) atoms. The summed E-state index contributed by atoms with van der Waals surface area (Å²) in [5.41, 5.74) is 9.22. The molecule has 202 valence electrons. The van der Waals surface area contributed by atoms with Crippen LogP contribution in [0, 0.1) is 28.9 Å². The molecule has 2 unspecified atom stereocenters. The quantitative estimate of drug-likeness (QED) is 0.608. The maximum absolute atomic E-state index is 15.7. The Labute approximate surface area is 227 Å². The normalized spacial score (nSPS) is 24.3. The maximum atomic E-state index is 15.7. The summed E-state index contributed by atoms with van der Waals surface area (Å²) < 4.78 is 30.4. The Hall–Kier alpha value is -3.90. The van der Waals surface area contributed by atoms with Gasteiger partial charge in [0.2, 0.25) is 0 Å². The van der Waals surface area contributed by atoms with Crippen molar-refractivity contribution in [3.05, 3.63) is 82.8 Å². The lowest BCUT2D eigenvalue weighted by Crippen LogP contribution is -2.46. The number of likely N-dealkylation sites (tertiary alicyclic amines) is 1. The number of nitrogens with one attached hydrogen (secondary N) is 1. The third-order valence-electron chi connectivity index (χ3n) is 8.41. The number of allylic oxidation sites excluding steroid dienone is 1. The van der Waals surface area contributed by atoms with Gasteiger partial charge in [-0.2, -0.15) is 5.26 Å². The minimum atomic E-state index is -0.628. The molecule has 0 spiro atoms. The molecule has 3 fully saturated rings. The number of nitriles is 1. The second-order valence-corrected chi connectivity index (χ2v) is 10.7. The van der Waals surface area contributed by atoms with E-state index < -0.39 is 5.82 Å². The monoisotopic (exact) mass is 529 g/mol. The highest BCUT2D eigenvalue weighted by molar-refractivity contribution is 6.12. The number of amidine groups is 1. The summed E-state index contributed by atoms with van der Waals surface area (Å²) in [4.78, 5) is 11.2. The van der Waals surface area contributed by atoms with Crippen LogP contribution in [0.15, 0.2) is 65.1 Å². The molecular formula is C30H33F2N7. The zero-order valence-electron chi connectivity index (χ0n) is 21.9. The molecular weight excluding hydrogens is 496 g/mol. The molecule has 4 aliphatic heterocycles.